The molecule has 0 spiro atoms. The van der Waals surface area contributed by atoms with Gasteiger partial charge in [-0.3, -0.25) is 18.9 Å². The van der Waals surface area contributed by atoms with Gasteiger partial charge in [0.2, 0.25) is 0 Å². The van der Waals surface area contributed by atoms with E-state index >= 15 is 0 Å². The Morgan fingerprint density at radius 3 is 2.40 bits per heavy atom. The molecule has 0 aliphatic heterocycles. The third-order valence-corrected chi connectivity index (χ3v) is 6.45. The Balaban J connectivity index is 2.18. The fraction of sp³-hybridized carbons (Fsp3) is 0.176. The summed E-state index contributed by atoms with van der Waals surface area (Å²) < 4.78 is 26.2. The van der Waals surface area contributed by atoms with Gasteiger partial charge in [0.15, 0.2) is 10.9 Å². The van der Waals surface area contributed by atoms with Crippen LogP contribution in [0.4, 0.5) is 5.69 Å². The van der Waals surface area contributed by atoms with Crippen LogP contribution >= 0.6 is 23.4 Å². The SMILES string of the molecule is CC(=O)SCC(=O)c1ccc(NS(C)(=O)(O)c2cccc(Cl)c2)cc1. The lowest BCUT2D eigenvalue weighted by Crippen LogP contribution is -2.39. The number of carbonyl (C=O) groups is 2. The van der Waals surface area contributed by atoms with Crippen LogP contribution in [0.25, 0.3) is 0 Å². The fourth-order valence-corrected chi connectivity index (χ4v) is 4.45. The van der Waals surface area contributed by atoms with Crippen molar-refractivity contribution in [2.24, 2.45) is 0 Å². The first kappa shape index (κ1) is 19.7. The molecule has 0 fully saturated rings. The number of Topliss-reactive ketones (excluding diaryl/α,β-unsaturated/α-hetero) is 1. The smallest absolute Gasteiger partial charge is 0.186 e. The number of hydrogen-bond acceptors (Lipinski definition) is 4. The van der Waals surface area contributed by atoms with Gasteiger partial charge in [0, 0.05) is 23.8 Å². The minimum Gasteiger partial charge on any atom is -0.293 e. The van der Waals surface area contributed by atoms with E-state index in [4.69, 9.17) is 11.6 Å². The Bertz CT molecular complexity index is 874. The van der Waals surface area contributed by atoms with Gasteiger partial charge in [0.25, 0.3) is 0 Å². The number of benzene rings is 2. The Labute approximate surface area is 155 Å². The summed E-state index contributed by atoms with van der Waals surface area (Å²) in [5.41, 5.74) is 0.817. The maximum atomic E-state index is 13.0. The van der Waals surface area contributed by atoms with Crippen molar-refractivity contribution in [1.82, 2.24) is 0 Å². The van der Waals surface area contributed by atoms with Crippen LogP contribution in [0.2, 0.25) is 5.02 Å². The van der Waals surface area contributed by atoms with Crippen LogP contribution in [0.15, 0.2) is 53.4 Å². The molecular weight excluding hydrogens is 382 g/mol. The normalized spacial score (nSPS) is 12.9. The van der Waals surface area contributed by atoms with Crippen molar-refractivity contribution in [2.45, 2.75) is 11.8 Å². The van der Waals surface area contributed by atoms with E-state index in [1.165, 1.54) is 25.3 Å². The van der Waals surface area contributed by atoms with Crippen LogP contribution in [0.3, 0.4) is 0 Å². The number of halogens is 1. The molecule has 5 nitrogen and oxygen atoms in total. The number of hydrogen-bond donors (Lipinski definition) is 2. The van der Waals surface area contributed by atoms with Crippen molar-refractivity contribution in [3.05, 3.63) is 59.1 Å². The van der Waals surface area contributed by atoms with Crippen molar-refractivity contribution in [2.75, 3.05) is 16.7 Å². The van der Waals surface area contributed by atoms with Gasteiger partial charge < -0.3 is 0 Å². The molecule has 0 aromatic heterocycles. The standard InChI is InChI=1S/C17H18ClNO4S2/c1-12(20)24-11-17(21)13-6-8-15(9-7-13)19-25(2,22,23)16-5-3-4-14(18)10-16/h3-10H,11H2,1-2H3,(H2,19,22,23). The average Bonchev–Trinajstić information content (AvgIpc) is 2.52. The van der Waals surface area contributed by atoms with Crippen molar-refractivity contribution in [3.8, 4) is 0 Å². The van der Waals surface area contributed by atoms with Gasteiger partial charge in [-0.05, 0) is 42.5 Å². The topological polar surface area (TPSA) is 83.5 Å². The summed E-state index contributed by atoms with van der Waals surface area (Å²) in [5.74, 6) is -0.113. The Morgan fingerprint density at radius 2 is 1.84 bits per heavy atom. The molecule has 2 aromatic rings. The predicted octanol–water partition coefficient (Wildman–Crippen LogP) is 4.11. The molecule has 2 aromatic carbocycles. The predicted molar refractivity (Wildman–Crippen MR) is 104 cm³/mol. The molecule has 0 bridgehead atoms. The third kappa shape index (κ3) is 5.40. The van der Waals surface area contributed by atoms with Crippen LogP contribution in [0.5, 0.6) is 0 Å². The largest absolute Gasteiger partial charge is 0.293 e. The monoisotopic (exact) mass is 399 g/mol. The summed E-state index contributed by atoms with van der Waals surface area (Å²) in [6.07, 6.45) is 1.20. The zero-order valence-electron chi connectivity index (χ0n) is 13.7. The molecule has 0 radical (unpaired) electrons. The number of rotatable bonds is 6. The summed E-state index contributed by atoms with van der Waals surface area (Å²) in [6.45, 7) is 1.40. The van der Waals surface area contributed by atoms with Gasteiger partial charge in [-0.2, -0.15) is 4.21 Å². The maximum Gasteiger partial charge on any atom is 0.186 e. The van der Waals surface area contributed by atoms with E-state index in [-0.39, 0.29) is 21.5 Å². The number of thioether (sulfide) groups is 1. The highest BCUT2D eigenvalue weighted by Crippen LogP contribution is 2.32. The molecule has 0 saturated heterocycles. The van der Waals surface area contributed by atoms with E-state index in [9.17, 15) is 18.4 Å². The maximum absolute atomic E-state index is 13.0. The quantitative estimate of drug-likeness (QED) is 0.714. The number of ketones is 1. The van der Waals surface area contributed by atoms with Gasteiger partial charge in [0.1, 0.15) is 0 Å². The van der Waals surface area contributed by atoms with Crippen molar-refractivity contribution >= 4 is 49.5 Å². The third-order valence-electron chi connectivity index (χ3n) is 3.32. The molecule has 0 aliphatic rings. The van der Waals surface area contributed by atoms with E-state index in [1.807, 2.05) is 0 Å². The molecule has 2 N–H and O–H groups in total. The molecule has 2 rings (SSSR count). The van der Waals surface area contributed by atoms with Gasteiger partial charge in [-0.1, -0.05) is 29.4 Å². The number of nitrogens with one attached hydrogen (secondary N) is 1. The summed E-state index contributed by atoms with van der Waals surface area (Å²) in [7, 11) is -4.35. The van der Waals surface area contributed by atoms with Gasteiger partial charge >= 0.3 is 0 Å². The van der Waals surface area contributed by atoms with Crippen LogP contribution in [0, 0.1) is 0 Å². The first-order valence-corrected chi connectivity index (χ1v) is 10.9. The highest BCUT2D eigenvalue weighted by atomic mass is 35.5. The summed E-state index contributed by atoms with van der Waals surface area (Å²) in [4.78, 5) is 23.0. The molecule has 0 unspecified atom stereocenters. The fourth-order valence-electron chi connectivity index (χ4n) is 2.08. The van der Waals surface area contributed by atoms with E-state index in [2.05, 4.69) is 4.72 Å². The molecule has 0 atom stereocenters. The van der Waals surface area contributed by atoms with Crippen LogP contribution in [-0.2, 0) is 14.3 Å². The molecular formula is C17H18ClNO4S2. The van der Waals surface area contributed by atoms with E-state index < -0.39 is 9.53 Å². The van der Waals surface area contributed by atoms with Crippen molar-refractivity contribution < 1.29 is 18.4 Å². The van der Waals surface area contributed by atoms with Gasteiger partial charge in [-0.25, -0.2) is 0 Å². The Kier molecular flexibility index (Phi) is 5.73. The summed E-state index contributed by atoms with van der Waals surface area (Å²) in [6, 6.07) is 12.4. The molecule has 25 heavy (non-hydrogen) atoms. The van der Waals surface area contributed by atoms with Gasteiger partial charge in [0.05, 0.1) is 16.3 Å². The Morgan fingerprint density at radius 1 is 1.20 bits per heavy atom. The first-order valence-electron chi connectivity index (χ1n) is 7.25. The molecule has 8 heteroatoms. The second-order valence-electron chi connectivity index (χ2n) is 5.62. The average molecular weight is 400 g/mol. The van der Waals surface area contributed by atoms with Gasteiger partial charge in [-0.15, -0.1) is 9.53 Å². The van der Waals surface area contributed by atoms with Crippen LogP contribution in [-0.4, -0.2) is 31.7 Å². The minimum atomic E-state index is -4.35. The van der Waals surface area contributed by atoms with Crippen molar-refractivity contribution in [3.63, 3.8) is 0 Å². The first-order chi connectivity index (χ1) is 11.5. The highest BCUT2D eigenvalue weighted by molar-refractivity contribution is 8.15. The van der Waals surface area contributed by atoms with E-state index in [1.54, 1.807) is 36.4 Å². The summed E-state index contributed by atoms with van der Waals surface area (Å²) in [5, 5.41) is 0.236. The van der Waals surface area contributed by atoms with E-state index in [0.717, 1.165) is 11.8 Å². The molecule has 0 amide bonds. The molecule has 0 heterocycles. The second-order valence-corrected chi connectivity index (χ2v) is 10.5. The summed E-state index contributed by atoms with van der Waals surface area (Å²) >= 11 is 6.84. The van der Waals surface area contributed by atoms with E-state index in [0.29, 0.717) is 16.3 Å². The Hall–Kier alpha value is -1.67. The zero-order chi connectivity index (χ0) is 18.7. The van der Waals surface area contributed by atoms with Crippen LogP contribution < -0.4 is 4.72 Å². The number of carbonyl (C=O) groups excluding carboxylic acids is 2. The lowest BCUT2D eigenvalue weighted by molar-refractivity contribution is -0.109. The lowest BCUT2D eigenvalue weighted by Gasteiger charge is -2.40. The van der Waals surface area contributed by atoms with Crippen molar-refractivity contribution in [1.29, 1.82) is 0 Å². The molecule has 0 aliphatic carbocycles. The molecule has 0 saturated carbocycles. The van der Waals surface area contributed by atoms with Crippen LogP contribution in [0.1, 0.15) is 17.3 Å². The lowest BCUT2D eigenvalue weighted by atomic mass is 10.1. The zero-order valence-corrected chi connectivity index (χ0v) is 16.1. The minimum absolute atomic E-state index is 0.0675. The highest BCUT2D eigenvalue weighted by Gasteiger charge is 2.24. The second kappa shape index (κ2) is 7.29. The number of anilines is 1. The molecule has 134 valence electrons.